The number of pyridine rings is 2. The van der Waals surface area contributed by atoms with Crippen LogP contribution in [0.25, 0.3) is 22.5 Å². The minimum Gasteiger partial charge on any atom is -0.493 e. The van der Waals surface area contributed by atoms with Crippen LogP contribution in [-0.4, -0.2) is 128 Å². The van der Waals surface area contributed by atoms with E-state index in [4.69, 9.17) is 38.4 Å². The Labute approximate surface area is 350 Å². The lowest BCUT2D eigenvalue weighted by Gasteiger charge is -2.38. The van der Waals surface area contributed by atoms with Gasteiger partial charge in [0.2, 0.25) is 11.5 Å². The molecule has 12 nitrogen and oxygen atoms in total. The molecule has 2 saturated heterocycles. The lowest BCUT2D eigenvalue weighted by molar-refractivity contribution is 0.213. The van der Waals surface area contributed by atoms with E-state index in [0.29, 0.717) is 34.5 Å². The third-order valence-electron chi connectivity index (χ3n) is 9.84. The Morgan fingerprint density at radius 1 is 0.455 bits per heavy atom. The van der Waals surface area contributed by atoms with Gasteiger partial charge in [0.25, 0.3) is 0 Å². The smallest absolute Gasteiger partial charge is 0.203 e. The molecule has 0 aliphatic carbocycles. The molecule has 0 radical (unpaired) electrons. The van der Waals surface area contributed by atoms with Crippen LogP contribution in [0.3, 0.4) is 0 Å². The minimum atomic E-state index is 0. The molecule has 0 amide bonds. The van der Waals surface area contributed by atoms with Gasteiger partial charge in [0.05, 0.1) is 77.8 Å². The van der Waals surface area contributed by atoms with Gasteiger partial charge in [-0.2, -0.15) is 0 Å². The highest BCUT2D eigenvalue weighted by Crippen LogP contribution is 2.42. The number of nitrogens with zero attached hydrogens (tertiary/aromatic N) is 6. The second-order valence-electron chi connectivity index (χ2n) is 12.6. The summed E-state index contributed by atoms with van der Waals surface area (Å²) >= 11 is 0. The molecule has 2 aliphatic heterocycles. The highest BCUT2D eigenvalue weighted by molar-refractivity contribution is 5.86. The number of halogens is 4. The fraction of sp³-hybridized carbons (Fsp3) is 0.436. The van der Waals surface area contributed by atoms with Gasteiger partial charge in [-0.1, -0.05) is 0 Å². The summed E-state index contributed by atoms with van der Waals surface area (Å²) in [5.41, 5.74) is 5.85. The van der Waals surface area contributed by atoms with Crippen molar-refractivity contribution in [3.05, 3.63) is 60.9 Å². The maximum absolute atomic E-state index is 5.52. The first kappa shape index (κ1) is 47.4. The predicted molar refractivity (Wildman–Crippen MR) is 230 cm³/mol. The third-order valence-corrected chi connectivity index (χ3v) is 9.84. The van der Waals surface area contributed by atoms with Crippen molar-refractivity contribution in [2.75, 3.05) is 118 Å². The largest absolute Gasteiger partial charge is 0.493 e. The highest BCUT2D eigenvalue weighted by atomic mass is 35.5. The van der Waals surface area contributed by atoms with Gasteiger partial charge in [-0.05, 0) is 68.0 Å². The average molecular weight is 845 g/mol. The highest BCUT2D eigenvalue weighted by Gasteiger charge is 2.21. The lowest BCUT2D eigenvalue weighted by Crippen LogP contribution is -2.48. The summed E-state index contributed by atoms with van der Waals surface area (Å²) in [6.07, 6.45) is 5.11. The summed E-state index contributed by atoms with van der Waals surface area (Å²) in [6, 6.07) is 16.1. The molecule has 0 N–H and O–H groups in total. The van der Waals surface area contributed by atoms with E-state index in [0.717, 1.165) is 99.3 Å². The van der Waals surface area contributed by atoms with Gasteiger partial charge in [-0.3, -0.25) is 19.8 Å². The Morgan fingerprint density at radius 2 is 0.782 bits per heavy atom. The summed E-state index contributed by atoms with van der Waals surface area (Å²) < 4.78 is 33.0. The van der Waals surface area contributed by atoms with Crippen molar-refractivity contribution < 1.29 is 28.4 Å². The molecule has 4 aromatic rings. The summed E-state index contributed by atoms with van der Waals surface area (Å²) in [6.45, 7) is 10.5. The van der Waals surface area contributed by atoms with Crippen molar-refractivity contribution in [1.82, 2.24) is 19.8 Å². The van der Waals surface area contributed by atoms with E-state index in [2.05, 4.69) is 43.9 Å². The number of aromatic nitrogens is 2. The molecule has 2 aliphatic rings. The first-order chi connectivity index (χ1) is 25.0. The van der Waals surface area contributed by atoms with Crippen molar-refractivity contribution in [1.29, 1.82) is 0 Å². The Balaban J connectivity index is 0.00000261. The number of hydrogen-bond acceptors (Lipinski definition) is 12. The topological polar surface area (TPSA) is 94.1 Å². The third kappa shape index (κ3) is 11.2. The second kappa shape index (κ2) is 22.7. The molecule has 0 unspecified atom stereocenters. The second-order valence-corrected chi connectivity index (χ2v) is 12.6. The zero-order valence-corrected chi connectivity index (χ0v) is 35.6. The molecule has 4 heterocycles. The van der Waals surface area contributed by atoms with Gasteiger partial charge in [-0.25, -0.2) is 0 Å². The molecule has 16 heteroatoms. The monoisotopic (exact) mass is 842 g/mol. The molecule has 0 atom stereocenters. The standard InChI is InChI=1S/C39H50N6O6.4ClH/c1-46-34-22-28(23-35(47-2)38(34)50-5)32-10-8-30(26-40-32)44-18-14-42(15-19-44)12-7-13-43-16-20-45(21-17-43)31-9-11-33(41-27-31)29-24-36(48-3)39(51-6)37(25-29)49-4;;;;/h8-11,22-27H,7,12-21H2,1-6H3;4*1H. The Bertz CT molecular complexity index is 1570. The molecule has 6 rings (SSSR count). The van der Waals surface area contributed by atoms with Gasteiger partial charge in [0.15, 0.2) is 23.0 Å². The maximum Gasteiger partial charge on any atom is 0.203 e. The number of benzene rings is 2. The number of piperazine rings is 2. The number of methoxy groups -OCH3 is 6. The Morgan fingerprint density at radius 3 is 1.04 bits per heavy atom. The van der Waals surface area contributed by atoms with E-state index in [9.17, 15) is 0 Å². The molecule has 2 aromatic heterocycles. The molecular formula is C39H54Cl4N6O6. The van der Waals surface area contributed by atoms with E-state index in [1.54, 1.807) is 42.7 Å². The summed E-state index contributed by atoms with van der Waals surface area (Å²) in [5.74, 6) is 3.62. The van der Waals surface area contributed by atoms with Gasteiger partial charge >= 0.3 is 0 Å². The van der Waals surface area contributed by atoms with Crippen molar-refractivity contribution in [3.8, 4) is 57.0 Å². The predicted octanol–water partition coefficient (Wildman–Crippen LogP) is 6.88. The number of hydrogen-bond donors (Lipinski definition) is 0. The Kier molecular flexibility index (Phi) is 19.5. The zero-order valence-electron chi connectivity index (χ0n) is 32.3. The average Bonchev–Trinajstić information content (AvgIpc) is 3.20. The maximum atomic E-state index is 5.52. The first-order valence-corrected chi connectivity index (χ1v) is 17.5. The van der Waals surface area contributed by atoms with Crippen molar-refractivity contribution in [2.45, 2.75) is 6.42 Å². The fourth-order valence-electron chi connectivity index (χ4n) is 6.92. The summed E-state index contributed by atoms with van der Waals surface area (Å²) in [4.78, 5) is 19.6. The van der Waals surface area contributed by atoms with Gasteiger partial charge < -0.3 is 38.2 Å². The molecule has 0 bridgehead atoms. The van der Waals surface area contributed by atoms with Crippen molar-refractivity contribution in [2.24, 2.45) is 0 Å². The number of anilines is 2. The lowest BCUT2D eigenvalue weighted by atomic mass is 10.1. The van der Waals surface area contributed by atoms with E-state index in [-0.39, 0.29) is 49.6 Å². The van der Waals surface area contributed by atoms with E-state index in [1.165, 1.54) is 6.42 Å². The summed E-state index contributed by atoms with van der Waals surface area (Å²) in [7, 11) is 9.71. The van der Waals surface area contributed by atoms with Crippen LogP contribution in [0.1, 0.15) is 6.42 Å². The van der Waals surface area contributed by atoms with Crippen molar-refractivity contribution >= 4 is 61.0 Å². The first-order valence-electron chi connectivity index (χ1n) is 17.5. The van der Waals surface area contributed by atoms with E-state index in [1.807, 2.05) is 36.7 Å². The molecule has 0 saturated carbocycles. The summed E-state index contributed by atoms with van der Waals surface area (Å²) in [5, 5.41) is 0. The van der Waals surface area contributed by atoms with Crippen LogP contribution in [0.15, 0.2) is 60.9 Å². The van der Waals surface area contributed by atoms with E-state index < -0.39 is 0 Å². The molecule has 2 fully saturated rings. The molecule has 55 heavy (non-hydrogen) atoms. The van der Waals surface area contributed by atoms with Crippen LogP contribution in [0.4, 0.5) is 11.4 Å². The molecular weight excluding hydrogens is 790 g/mol. The van der Waals surface area contributed by atoms with E-state index >= 15 is 0 Å². The SMILES string of the molecule is COc1cc(-c2ccc(N3CCN(CCCN4CCN(c5ccc(-c6cc(OC)c(OC)c(OC)c6)nc5)CC4)CC3)cn2)cc(OC)c1OC.Cl.Cl.Cl.Cl. The van der Waals surface area contributed by atoms with Crippen LogP contribution in [0, 0.1) is 0 Å². The molecule has 2 aromatic carbocycles. The van der Waals surface area contributed by atoms with Crippen LogP contribution in [0.2, 0.25) is 0 Å². The quantitative estimate of drug-likeness (QED) is 0.133. The fourth-order valence-corrected chi connectivity index (χ4v) is 6.92. The Hall–Kier alpha value is -3.78. The molecule has 304 valence electrons. The van der Waals surface area contributed by atoms with Crippen LogP contribution in [0.5, 0.6) is 34.5 Å². The van der Waals surface area contributed by atoms with Crippen LogP contribution < -0.4 is 38.2 Å². The van der Waals surface area contributed by atoms with Gasteiger partial charge in [0, 0.05) is 63.5 Å². The number of rotatable bonds is 14. The normalized spacial score (nSPS) is 14.3. The zero-order chi connectivity index (χ0) is 35.7. The van der Waals surface area contributed by atoms with Crippen LogP contribution >= 0.6 is 49.6 Å². The van der Waals surface area contributed by atoms with Gasteiger partial charge in [0.1, 0.15) is 0 Å². The molecule has 0 spiro atoms. The van der Waals surface area contributed by atoms with Gasteiger partial charge in [-0.15, -0.1) is 49.6 Å². The van der Waals surface area contributed by atoms with Crippen molar-refractivity contribution in [3.63, 3.8) is 0 Å². The minimum absolute atomic E-state index is 0. The van der Waals surface area contributed by atoms with Crippen LogP contribution in [-0.2, 0) is 0 Å². The number of ether oxygens (including phenoxy) is 6.